The zero-order valence-corrected chi connectivity index (χ0v) is 16.3. The molecule has 2 aromatic rings. The van der Waals surface area contributed by atoms with Gasteiger partial charge in [-0.15, -0.1) is 0 Å². The molecule has 1 aromatic heterocycles. The lowest BCUT2D eigenvalue weighted by Crippen LogP contribution is -2.50. The predicted molar refractivity (Wildman–Crippen MR) is 107 cm³/mol. The minimum Gasteiger partial charge on any atom is -0.487 e. The largest absolute Gasteiger partial charge is 0.487 e. The topological polar surface area (TPSA) is 53.5 Å². The number of anilines is 1. The Bertz CT molecular complexity index is 773. The van der Waals surface area contributed by atoms with Gasteiger partial charge in [-0.3, -0.25) is 4.90 Å². The van der Waals surface area contributed by atoms with Crippen molar-refractivity contribution in [3.8, 4) is 5.75 Å². The average Bonchev–Trinajstić information content (AvgIpc) is 2.89. The summed E-state index contributed by atoms with van der Waals surface area (Å²) >= 11 is 0. The van der Waals surface area contributed by atoms with Gasteiger partial charge >= 0.3 is 0 Å². The number of nitrogens with one attached hydrogen (secondary N) is 1. The molecule has 0 amide bonds. The number of ether oxygens (including phenoxy) is 1. The molecule has 3 heterocycles. The second kappa shape index (κ2) is 8.23. The summed E-state index contributed by atoms with van der Waals surface area (Å²) in [6.07, 6.45) is 3.59. The summed E-state index contributed by atoms with van der Waals surface area (Å²) < 4.78 is 5.95. The van der Waals surface area contributed by atoms with Crippen molar-refractivity contribution >= 4 is 5.82 Å². The van der Waals surface area contributed by atoms with E-state index in [0.717, 1.165) is 68.4 Å². The number of piperazine rings is 1. The number of para-hydroxylation sites is 1. The third-order valence-corrected chi connectivity index (χ3v) is 5.77. The van der Waals surface area contributed by atoms with Gasteiger partial charge in [-0.1, -0.05) is 25.1 Å². The summed E-state index contributed by atoms with van der Waals surface area (Å²) in [5, 5.41) is 3.63. The fraction of sp³-hybridized carbons (Fsp3) is 0.524. The molecule has 6 nitrogen and oxygen atoms in total. The van der Waals surface area contributed by atoms with Crippen LogP contribution in [-0.4, -0.2) is 65.6 Å². The molecule has 27 heavy (non-hydrogen) atoms. The van der Waals surface area contributed by atoms with Gasteiger partial charge in [0, 0.05) is 50.7 Å². The molecule has 4 rings (SSSR count). The van der Waals surface area contributed by atoms with Gasteiger partial charge in [0.15, 0.2) is 0 Å². The summed E-state index contributed by atoms with van der Waals surface area (Å²) in [7, 11) is 2.20. The molecule has 0 bridgehead atoms. The molecular weight excluding hydrogens is 338 g/mol. The molecule has 0 radical (unpaired) electrons. The molecule has 1 saturated heterocycles. The van der Waals surface area contributed by atoms with E-state index in [9.17, 15) is 0 Å². The zero-order valence-electron chi connectivity index (χ0n) is 16.3. The second-order valence-electron chi connectivity index (χ2n) is 7.50. The lowest BCUT2D eigenvalue weighted by atomic mass is 10.0. The Labute approximate surface area is 161 Å². The number of fused-ring (bicyclic) bond motifs is 2. The van der Waals surface area contributed by atoms with Crippen molar-refractivity contribution in [2.45, 2.75) is 32.4 Å². The molecule has 6 heteroatoms. The maximum Gasteiger partial charge on any atom is 0.133 e. The number of aromatic nitrogens is 2. The molecule has 1 aromatic carbocycles. The van der Waals surface area contributed by atoms with Crippen LogP contribution in [0.15, 0.2) is 30.6 Å². The van der Waals surface area contributed by atoms with Crippen molar-refractivity contribution in [1.29, 1.82) is 0 Å². The first-order chi connectivity index (χ1) is 13.2. The normalized spacial score (nSPS) is 18.7. The monoisotopic (exact) mass is 367 g/mol. The number of rotatable bonds is 5. The van der Waals surface area contributed by atoms with E-state index in [2.05, 4.69) is 51.2 Å². The van der Waals surface area contributed by atoms with Crippen LogP contribution in [0.3, 0.4) is 0 Å². The van der Waals surface area contributed by atoms with Gasteiger partial charge in [-0.2, -0.15) is 0 Å². The molecule has 2 aliphatic heterocycles. The highest BCUT2D eigenvalue weighted by Gasteiger charge is 2.23. The predicted octanol–water partition coefficient (Wildman–Crippen LogP) is 2.40. The smallest absolute Gasteiger partial charge is 0.133 e. The minimum absolute atomic E-state index is 0.499. The molecule has 1 atom stereocenters. The van der Waals surface area contributed by atoms with Crippen LogP contribution < -0.4 is 10.1 Å². The van der Waals surface area contributed by atoms with Gasteiger partial charge in [0.05, 0.1) is 5.69 Å². The summed E-state index contributed by atoms with van der Waals surface area (Å²) in [4.78, 5) is 14.0. The standard InChI is InChI=1S/C21H29N5O/c1-3-17(26-10-8-25(2)9-11-26)13-22-21-18-12-16-6-4-5-7-20(16)27-14-19(18)23-15-24-21/h4-7,15,17H,3,8-14H2,1-2H3,(H,22,23,24)/t17-/m1/s1. The first kappa shape index (κ1) is 18.2. The van der Waals surface area contributed by atoms with Gasteiger partial charge in [-0.05, 0) is 25.1 Å². The summed E-state index contributed by atoms with van der Waals surface area (Å²) in [6.45, 7) is 8.25. The van der Waals surface area contributed by atoms with Gasteiger partial charge in [-0.25, -0.2) is 9.97 Å². The average molecular weight is 367 g/mol. The van der Waals surface area contributed by atoms with E-state index in [1.165, 1.54) is 5.56 Å². The van der Waals surface area contributed by atoms with Crippen LogP contribution >= 0.6 is 0 Å². The molecule has 0 spiro atoms. The number of likely N-dealkylation sites (N-methyl/N-ethyl adjacent to an activating group) is 1. The lowest BCUT2D eigenvalue weighted by Gasteiger charge is -2.37. The Morgan fingerprint density at radius 1 is 1.15 bits per heavy atom. The Morgan fingerprint density at radius 3 is 2.78 bits per heavy atom. The fourth-order valence-corrected chi connectivity index (χ4v) is 3.97. The van der Waals surface area contributed by atoms with E-state index in [-0.39, 0.29) is 0 Å². The second-order valence-corrected chi connectivity index (χ2v) is 7.50. The Hall–Kier alpha value is -2.18. The van der Waals surface area contributed by atoms with Crippen LogP contribution in [-0.2, 0) is 13.0 Å². The van der Waals surface area contributed by atoms with Crippen molar-refractivity contribution < 1.29 is 4.74 Å². The Kier molecular flexibility index (Phi) is 5.55. The summed E-state index contributed by atoms with van der Waals surface area (Å²) in [5.41, 5.74) is 3.34. The number of hydrogen-bond donors (Lipinski definition) is 1. The maximum atomic E-state index is 5.95. The van der Waals surface area contributed by atoms with Crippen LogP contribution in [0.4, 0.5) is 5.82 Å². The van der Waals surface area contributed by atoms with Gasteiger partial charge in [0.25, 0.3) is 0 Å². The Morgan fingerprint density at radius 2 is 1.96 bits per heavy atom. The molecule has 144 valence electrons. The molecule has 0 saturated carbocycles. The van der Waals surface area contributed by atoms with Crippen molar-refractivity contribution in [2.75, 3.05) is 45.1 Å². The highest BCUT2D eigenvalue weighted by Crippen LogP contribution is 2.30. The van der Waals surface area contributed by atoms with Crippen LogP contribution in [0, 0.1) is 0 Å². The van der Waals surface area contributed by atoms with Gasteiger partial charge in [0.1, 0.15) is 24.5 Å². The van der Waals surface area contributed by atoms with Gasteiger partial charge < -0.3 is 15.0 Å². The molecule has 2 aliphatic rings. The number of nitrogens with zero attached hydrogens (tertiary/aromatic N) is 4. The van der Waals surface area contributed by atoms with Gasteiger partial charge in [0.2, 0.25) is 0 Å². The van der Waals surface area contributed by atoms with E-state index in [1.54, 1.807) is 6.33 Å². The lowest BCUT2D eigenvalue weighted by molar-refractivity contribution is 0.114. The third kappa shape index (κ3) is 4.06. The molecule has 1 N–H and O–H groups in total. The quantitative estimate of drug-likeness (QED) is 0.876. The van der Waals surface area contributed by atoms with E-state index < -0.39 is 0 Å². The summed E-state index contributed by atoms with van der Waals surface area (Å²) in [5.74, 6) is 1.90. The van der Waals surface area contributed by atoms with Crippen LogP contribution in [0.2, 0.25) is 0 Å². The van der Waals surface area contributed by atoms with Crippen molar-refractivity contribution in [2.24, 2.45) is 0 Å². The van der Waals surface area contributed by atoms with E-state index in [0.29, 0.717) is 12.6 Å². The van der Waals surface area contributed by atoms with Crippen LogP contribution in [0.25, 0.3) is 0 Å². The maximum absolute atomic E-state index is 5.95. The van der Waals surface area contributed by atoms with Crippen molar-refractivity contribution in [3.63, 3.8) is 0 Å². The van der Waals surface area contributed by atoms with E-state index in [4.69, 9.17) is 4.74 Å². The Balaban J connectivity index is 1.49. The van der Waals surface area contributed by atoms with Crippen LogP contribution in [0.1, 0.15) is 30.2 Å². The SMILES string of the molecule is CC[C@H](CNc1ncnc2c1Cc1ccccc1OC2)N1CCN(C)CC1. The number of benzene rings is 1. The molecule has 1 fully saturated rings. The minimum atomic E-state index is 0.499. The van der Waals surface area contributed by atoms with Crippen molar-refractivity contribution in [3.05, 3.63) is 47.4 Å². The van der Waals surface area contributed by atoms with Crippen LogP contribution in [0.5, 0.6) is 5.75 Å². The molecule has 0 unspecified atom stereocenters. The fourth-order valence-electron chi connectivity index (χ4n) is 3.97. The zero-order chi connectivity index (χ0) is 18.6. The highest BCUT2D eigenvalue weighted by molar-refractivity contribution is 5.51. The van der Waals surface area contributed by atoms with E-state index in [1.807, 2.05) is 12.1 Å². The summed E-state index contributed by atoms with van der Waals surface area (Å²) in [6, 6.07) is 8.76. The first-order valence-corrected chi connectivity index (χ1v) is 9.94. The van der Waals surface area contributed by atoms with Crippen molar-refractivity contribution in [1.82, 2.24) is 19.8 Å². The first-order valence-electron chi connectivity index (χ1n) is 9.94. The highest BCUT2D eigenvalue weighted by atomic mass is 16.5. The third-order valence-electron chi connectivity index (χ3n) is 5.77. The molecule has 0 aliphatic carbocycles. The number of hydrogen-bond acceptors (Lipinski definition) is 6. The molecular formula is C21H29N5O. The van der Waals surface area contributed by atoms with E-state index >= 15 is 0 Å².